The van der Waals surface area contributed by atoms with E-state index in [1.165, 1.54) is 87.9 Å². The number of nitrogens with zero attached hydrogens (tertiary/aromatic N) is 3. The van der Waals surface area contributed by atoms with Gasteiger partial charge in [0.2, 0.25) is 0 Å². The van der Waals surface area contributed by atoms with Gasteiger partial charge in [-0.1, -0.05) is 165 Å². The molecule has 0 amide bonds. The quantitative estimate of drug-likeness (QED) is 0.164. The van der Waals surface area contributed by atoms with Crippen molar-refractivity contribution in [2.45, 2.75) is 31.7 Å². The van der Waals surface area contributed by atoms with E-state index in [4.69, 9.17) is 9.41 Å². The van der Waals surface area contributed by atoms with Crippen molar-refractivity contribution < 1.29 is 4.42 Å². The molecule has 4 nitrogen and oxygen atoms in total. The van der Waals surface area contributed by atoms with Gasteiger partial charge in [0.15, 0.2) is 0 Å². The SMILES string of the molecule is C[C@@H]1C(c2ccc(-c3ccccc3)cc2)=NC(c2cc(-n3c4ccccc4c4cc5ccccc5cc43)cc3oc4ccccc4c23)CCC1c1ccc2c(c1)c1ccccc1n2-c1ccccc1. The monoisotopic (exact) mass is 885 g/mol. The standard InChI is InChI=1S/C65H47N3O/c1-41-50(47-32-35-60-54(37-47)51-22-10-13-25-58(51)67(60)48-20-6-3-7-21-48)33-34-57(66-65(41)44-30-28-43(29-31-44)42-16-4-2-5-17-42)56-39-49(40-63-64(56)53-24-12-15-27-62(53)69-63)68-59-26-14-11-23-52(59)55-36-45-18-8-9-19-46(45)38-61(55)68/h2-32,35-41,50,57H,33-34H2,1H3/t41-,50?,57?/m0/s1. The molecular weight excluding hydrogens is 839 g/mol. The van der Waals surface area contributed by atoms with Gasteiger partial charge in [-0.3, -0.25) is 4.99 Å². The van der Waals surface area contributed by atoms with Gasteiger partial charge in [-0.15, -0.1) is 0 Å². The second-order valence-electron chi connectivity index (χ2n) is 19.0. The molecule has 0 fully saturated rings. The van der Waals surface area contributed by atoms with E-state index >= 15 is 0 Å². The molecule has 0 N–H and O–H groups in total. The van der Waals surface area contributed by atoms with E-state index in [1.807, 2.05) is 0 Å². The molecule has 10 aromatic carbocycles. The van der Waals surface area contributed by atoms with Crippen molar-refractivity contribution in [3.63, 3.8) is 0 Å². The van der Waals surface area contributed by atoms with Gasteiger partial charge in [0.1, 0.15) is 11.2 Å². The normalized spacial score (nSPS) is 16.6. The van der Waals surface area contributed by atoms with Crippen LogP contribution in [0.4, 0.5) is 0 Å². The fourth-order valence-corrected chi connectivity index (χ4v) is 11.9. The molecule has 14 rings (SSSR count). The van der Waals surface area contributed by atoms with Crippen LogP contribution in [0.25, 0.3) is 98.8 Å². The minimum Gasteiger partial charge on any atom is -0.456 e. The summed E-state index contributed by atoms with van der Waals surface area (Å²) < 4.78 is 11.7. The lowest BCUT2D eigenvalue weighted by molar-refractivity contribution is 0.509. The van der Waals surface area contributed by atoms with E-state index in [9.17, 15) is 0 Å². The maximum absolute atomic E-state index is 6.87. The number of aromatic nitrogens is 2. The zero-order valence-corrected chi connectivity index (χ0v) is 38.3. The Morgan fingerprint density at radius 3 is 1.75 bits per heavy atom. The molecule has 0 saturated heterocycles. The number of rotatable bonds is 6. The lowest BCUT2D eigenvalue weighted by atomic mass is 9.79. The smallest absolute Gasteiger partial charge is 0.137 e. The fourth-order valence-electron chi connectivity index (χ4n) is 11.9. The van der Waals surface area contributed by atoms with E-state index < -0.39 is 0 Å². The molecule has 0 aliphatic carbocycles. The summed E-state index contributed by atoms with van der Waals surface area (Å²) in [5, 5.41) is 9.76. The van der Waals surface area contributed by atoms with Gasteiger partial charge in [0, 0.05) is 55.7 Å². The zero-order chi connectivity index (χ0) is 45.6. The van der Waals surface area contributed by atoms with E-state index in [1.54, 1.807) is 0 Å². The summed E-state index contributed by atoms with van der Waals surface area (Å²) in [6.07, 6.45) is 1.84. The lowest BCUT2D eigenvalue weighted by Crippen LogP contribution is -2.19. The average Bonchev–Trinajstić information content (AvgIpc) is 4.02. The highest BCUT2D eigenvalue weighted by Gasteiger charge is 2.33. The topological polar surface area (TPSA) is 35.4 Å². The molecule has 3 atom stereocenters. The zero-order valence-electron chi connectivity index (χ0n) is 38.3. The summed E-state index contributed by atoms with van der Waals surface area (Å²) in [5.74, 6) is 0.346. The van der Waals surface area contributed by atoms with Gasteiger partial charge in [-0.25, -0.2) is 0 Å². The summed E-state index contributed by atoms with van der Waals surface area (Å²) in [7, 11) is 0. The van der Waals surface area contributed by atoms with Gasteiger partial charge in [0.25, 0.3) is 0 Å². The number of furan rings is 1. The molecule has 1 aliphatic rings. The van der Waals surface area contributed by atoms with Crippen LogP contribution in [-0.2, 0) is 0 Å². The number of hydrogen-bond donors (Lipinski definition) is 0. The Morgan fingerprint density at radius 1 is 0.420 bits per heavy atom. The van der Waals surface area contributed by atoms with E-state index in [-0.39, 0.29) is 17.9 Å². The van der Waals surface area contributed by atoms with Gasteiger partial charge >= 0.3 is 0 Å². The first-order chi connectivity index (χ1) is 34.1. The predicted molar refractivity (Wildman–Crippen MR) is 289 cm³/mol. The maximum Gasteiger partial charge on any atom is 0.137 e. The van der Waals surface area contributed by atoms with Crippen molar-refractivity contribution in [1.29, 1.82) is 0 Å². The van der Waals surface area contributed by atoms with Crippen molar-refractivity contribution >= 4 is 82.0 Å². The summed E-state index contributed by atoms with van der Waals surface area (Å²) >= 11 is 0. The molecule has 2 unspecified atom stereocenters. The number of aliphatic imine (C=N–C) groups is 1. The third-order valence-corrected chi connectivity index (χ3v) is 15.2. The van der Waals surface area contributed by atoms with Crippen LogP contribution in [0.5, 0.6) is 0 Å². The molecule has 4 heterocycles. The molecule has 4 heteroatoms. The highest BCUT2D eigenvalue weighted by molar-refractivity contribution is 6.15. The highest BCUT2D eigenvalue weighted by atomic mass is 16.3. The predicted octanol–water partition coefficient (Wildman–Crippen LogP) is 17.3. The summed E-state index contributed by atoms with van der Waals surface area (Å²) in [5.41, 5.74) is 16.1. The Morgan fingerprint density at radius 2 is 1.00 bits per heavy atom. The minimum absolute atomic E-state index is 0.128. The number of fused-ring (bicyclic) bond motifs is 10. The van der Waals surface area contributed by atoms with Gasteiger partial charge in [-0.05, 0) is 118 Å². The van der Waals surface area contributed by atoms with Crippen molar-refractivity contribution in [3.8, 4) is 22.5 Å². The average molecular weight is 886 g/mol. The van der Waals surface area contributed by atoms with Crippen LogP contribution in [0.15, 0.2) is 234 Å². The lowest BCUT2D eigenvalue weighted by Gasteiger charge is -2.24. The van der Waals surface area contributed by atoms with Crippen LogP contribution in [0.3, 0.4) is 0 Å². The van der Waals surface area contributed by atoms with Crippen molar-refractivity contribution in [2.24, 2.45) is 10.9 Å². The van der Waals surface area contributed by atoms with Crippen LogP contribution in [0.1, 0.15) is 48.4 Å². The molecule has 69 heavy (non-hydrogen) atoms. The van der Waals surface area contributed by atoms with E-state index in [2.05, 4.69) is 241 Å². The molecule has 1 aliphatic heterocycles. The van der Waals surface area contributed by atoms with Crippen molar-refractivity contribution in [1.82, 2.24) is 9.13 Å². The van der Waals surface area contributed by atoms with Gasteiger partial charge < -0.3 is 13.6 Å². The van der Waals surface area contributed by atoms with Crippen molar-refractivity contribution in [3.05, 3.63) is 241 Å². The van der Waals surface area contributed by atoms with Crippen LogP contribution in [0.2, 0.25) is 0 Å². The third kappa shape index (κ3) is 6.39. The Labute approximate surface area is 400 Å². The molecule has 13 aromatic rings. The van der Waals surface area contributed by atoms with Crippen LogP contribution >= 0.6 is 0 Å². The minimum atomic E-state index is -0.137. The Bertz CT molecular complexity index is 4150. The summed E-state index contributed by atoms with van der Waals surface area (Å²) in [6, 6.07) is 82.0. The molecule has 0 bridgehead atoms. The second-order valence-corrected chi connectivity index (χ2v) is 19.0. The Kier molecular flexibility index (Phi) is 9.10. The van der Waals surface area contributed by atoms with Crippen LogP contribution < -0.4 is 0 Å². The first-order valence-corrected chi connectivity index (χ1v) is 24.3. The highest BCUT2D eigenvalue weighted by Crippen LogP contribution is 2.46. The summed E-state index contributed by atoms with van der Waals surface area (Å²) in [4.78, 5) is 6.02. The number of benzene rings is 10. The van der Waals surface area contributed by atoms with Crippen LogP contribution in [-0.4, -0.2) is 14.8 Å². The summed E-state index contributed by atoms with van der Waals surface area (Å²) in [6.45, 7) is 2.41. The largest absolute Gasteiger partial charge is 0.456 e. The first kappa shape index (κ1) is 39.7. The van der Waals surface area contributed by atoms with Gasteiger partial charge in [0.05, 0.1) is 33.8 Å². The molecule has 0 radical (unpaired) electrons. The fraction of sp³-hybridized carbons (Fsp3) is 0.0923. The molecular formula is C65H47N3O. The molecule has 0 saturated carbocycles. The molecule has 3 aromatic heterocycles. The van der Waals surface area contributed by atoms with E-state index in [0.29, 0.717) is 0 Å². The van der Waals surface area contributed by atoms with E-state index in [0.717, 1.165) is 46.2 Å². The van der Waals surface area contributed by atoms with Gasteiger partial charge in [-0.2, -0.15) is 0 Å². The first-order valence-electron chi connectivity index (χ1n) is 24.3. The molecule has 0 spiro atoms. The third-order valence-electron chi connectivity index (χ3n) is 15.2. The molecule has 328 valence electrons. The van der Waals surface area contributed by atoms with Crippen LogP contribution in [0, 0.1) is 5.92 Å². The Balaban J connectivity index is 0.973. The Hall–Kier alpha value is -8.47. The number of hydrogen-bond acceptors (Lipinski definition) is 2. The maximum atomic E-state index is 6.87. The van der Waals surface area contributed by atoms with Crippen molar-refractivity contribution in [2.75, 3.05) is 0 Å². The number of para-hydroxylation sites is 4. The second kappa shape index (κ2) is 15.8.